The Morgan fingerprint density at radius 1 is 1.37 bits per heavy atom. The summed E-state index contributed by atoms with van der Waals surface area (Å²) < 4.78 is 16.1. The van der Waals surface area contributed by atoms with Crippen molar-refractivity contribution in [2.45, 2.75) is 56.8 Å². The lowest BCUT2D eigenvalue weighted by Gasteiger charge is -2.44. The second-order valence-corrected chi connectivity index (χ2v) is 9.82. The molecule has 162 valence electrons. The first-order chi connectivity index (χ1) is 14.0. The van der Waals surface area contributed by atoms with Crippen LogP contribution in [-0.4, -0.2) is 52.2 Å². The molecular weight excluding hydrogens is 392 g/mol. The van der Waals surface area contributed by atoms with Crippen LogP contribution in [0.1, 0.15) is 39.5 Å². The van der Waals surface area contributed by atoms with Crippen molar-refractivity contribution in [3.63, 3.8) is 0 Å². The first kappa shape index (κ1) is 19.8. The van der Waals surface area contributed by atoms with E-state index in [1.54, 1.807) is 19.1 Å². The normalized spacial score (nSPS) is 50.0. The van der Waals surface area contributed by atoms with Crippen molar-refractivity contribution in [3.05, 3.63) is 24.3 Å². The highest BCUT2D eigenvalue weighted by molar-refractivity contribution is 5.87. The van der Waals surface area contributed by atoms with Crippen LogP contribution in [0, 0.1) is 28.6 Å². The smallest absolute Gasteiger partial charge is 0.316 e. The number of ether oxygens (including phenoxy) is 3. The lowest BCUT2D eigenvalue weighted by Crippen LogP contribution is -2.51. The maximum atomic E-state index is 13.4. The average Bonchev–Trinajstić information content (AvgIpc) is 3.08. The van der Waals surface area contributed by atoms with Crippen molar-refractivity contribution in [1.29, 1.82) is 0 Å². The quantitative estimate of drug-likeness (QED) is 0.396. The predicted molar refractivity (Wildman–Crippen MR) is 100 cm³/mol. The number of aliphatic hydroxyl groups is 2. The van der Waals surface area contributed by atoms with E-state index in [0.717, 1.165) is 0 Å². The van der Waals surface area contributed by atoms with E-state index in [1.165, 1.54) is 6.92 Å². The van der Waals surface area contributed by atoms with Crippen LogP contribution in [0.5, 0.6) is 0 Å². The molecule has 3 saturated carbocycles. The Morgan fingerprint density at radius 2 is 2.10 bits per heavy atom. The summed E-state index contributed by atoms with van der Waals surface area (Å²) in [5, 5.41) is 21.9. The van der Waals surface area contributed by atoms with Gasteiger partial charge in [0.15, 0.2) is 0 Å². The van der Waals surface area contributed by atoms with Crippen LogP contribution in [0.4, 0.5) is 0 Å². The van der Waals surface area contributed by atoms with Gasteiger partial charge in [-0.15, -0.1) is 0 Å². The molecule has 5 rings (SSSR count). The van der Waals surface area contributed by atoms with E-state index >= 15 is 0 Å². The van der Waals surface area contributed by atoms with Gasteiger partial charge in [-0.2, -0.15) is 0 Å². The summed E-state index contributed by atoms with van der Waals surface area (Å²) >= 11 is 0. The lowest BCUT2D eigenvalue weighted by atomic mass is 9.61. The van der Waals surface area contributed by atoms with Crippen LogP contribution in [-0.2, 0) is 28.6 Å². The van der Waals surface area contributed by atoms with Crippen molar-refractivity contribution >= 4 is 17.9 Å². The zero-order valence-corrected chi connectivity index (χ0v) is 17.1. The minimum atomic E-state index is -1.31. The van der Waals surface area contributed by atoms with E-state index in [1.807, 2.05) is 0 Å². The van der Waals surface area contributed by atoms with Gasteiger partial charge in [0, 0.05) is 18.8 Å². The van der Waals surface area contributed by atoms with E-state index < -0.39 is 64.7 Å². The van der Waals surface area contributed by atoms with Gasteiger partial charge in [-0.1, -0.05) is 12.7 Å². The number of rotatable bonds is 3. The molecule has 4 bridgehead atoms. The second kappa shape index (κ2) is 5.73. The minimum Gasteiger partial charge on any atom is -0.454 e. The third-order valence-electron chi connectivity index (χ3n) is 8.57. The fourth-order valence-electron chi connectivity index (χ4n) is 7.37. The molecule has 4 fully saturated rings. The molecule has 1 unspecified atom stereocenters. The predicted octanol–water partition coefficient (Wildman–Crippen LogP) is 1.01. The zero-order valence-electron chi connectivity index (χ0n) is 17.1. The highest BCUT2D eigenvalue weighted by Gasteiger charge is 2.83. The van der Waals surface area contributed by atoms with Crippen LogP contribution < -0.4 is 0 Å². The van der Waals surface area contributed by atoms with E-state index in [9.17, 15) is 24.6 Å². The Kier molecular flexibility index (Phi) is 3.78. The Balaban J connectivity index is 1.64. The topological polar surface area (TPSA) is 119 Å². The Hall–Kier alpha value is -2.19. The summed E-state index contributed by atoms with van der Waals surface area (Å²) in [6, 6.07) is 0. The van der Waals surface area contributed by atoms with Crippen LogP contribution in [0.3, 0.4) is 0 Å². The van der Waals surface area contributed by atoms with Crippen LogP contribution in [0.25, 0.3) is 0 Å². The van der Waals surface area contributed by atoms with Crippen LogP contribution in [0.2, 0.25) is 0 Å². The van der Waals surface area contributed by atoms with Crippen LogP contribution in [0.15, 0.2) is 24.3 Å². The molecule has 8 nitrogen and oxygen atoms in total. The Labute approximate surface area is 173 Å². The minimum absolute atomic E-state index is 0.213. The van der Waals surface area contributed by atoms with Crippen molar-refractivity contribution in [3.8, 4) is 0 Å². The van der Waals surface area contributed by atoms with Gasteiger partial charge in [-0.25, -0.2) is 0 Å². The number of esters is 3. The monoisotopic (exact) mass is 418 g/mol. The molecule has 2 N–H and O–H groups in total. The highest BCUT2D eigenvalue weighted by Crippen LogP contribution is 2.77. The SMILES string of the molecule is C=C1C[C@]23C[C@@]1(O)CC[C@H]2[C@@]12C=C[C@H](O)C(C)(C(=O)O1)[C@H]2[C@@H]3C(=O)OCOC(C)=O. The largest absolute Gasteiger partial charge is 0.454 e. The number of hydrogen-bond acceptors (Lipinski definition) is 8. The molecule has 8 atom stereocenters. The number of hydrogen-bond donors (Lipinski definition) is 2. The van der Waals surface area contributed by atoms with Gasteiger partial charge in [-0.3, -0.25) is 14.4 Å². The third kappa shape index (κ3) is 2.06. The molecule has 4 aliphatic carbocycles. The van der Waals surface area contributed by atoms with E-state index in [2.05, 4.69) is 6.58 Å². The zero-order chi connectivity index (χ0) is 21.7. The molecule has 0 radical (unpaired) electrons. The number of carbonyl (C=O) groups excluding carboxylic acids is 3. The number of aliphatic hydroxyl groups excluding tert-OH is 1. The standard InChI is InChI=1S/C22H26O8/c1-11-8-20-9-21(11,27)6-4-13(20)22-7-5-14(24)19(3,18(26)30-22)16(22)15(20)17(25)29-10-28-12(2)23/h5,7,13-16,24,27H,1,4,6,8-10H2,2-3H3/t13-,14+,15-,16-,19?,20+,21+,22-/m1/s1. The molecule has 1 spiro atoms. The molecule has 5 aliphatic rings. The first-order valence-electron chi connectivity index (χ1n) is 10.3. The van der Waals surface area contributed by atoms with Crippen molar-refractivity contribution in [2.24, 2.45) is 28.6 Å². The van der Waals surface area contributed by atoms with E-state index in [4.69, 9.17) is 14.2 Å². The van der Waals surface area contributed by atoms with Gasteiger partial charge in [0.2, 0.25) is 6.79 Å². The van der Waals surface area contributed by atoms with Gasteiger partial charge in [0.05, 0.1) is 17.6 Å². The molecule has 0 aromatic heterocycles. The summed E-state index contributed by atoms with van der Waals surface area (Å²) in [6.07, 6.45) is 4.01. The number of fused-ring (bicyclic) bond motifs is 1. The third-order valence-corrected chi connectivity index (χ3v) is 8.57. The van der Waals surface area contributed by atoms with Gasteiger partial charge >= 0.3 is 17.9 Å². The number of carbonyl (C=O) groups is 3. The average molecular weight is 418 g/mol. The lowest BCUT2D eigenvalue weighted by molar-refractivity contribution is -0.177. The summed E-state index contributed by atoms with van der Waals surface area (Å²) in [6.45, 7) is 6.40. The maximum Gasteiger partial charge on any atom is 0.316 e. The molecule has 1 heterocycles. The molecule has 8 heteroatoms. The van der Waals surface area contributed by atoms with E-state index in [-0.39, 0.29) is 5.92 Å². The molecule has 30 heavy (non-hydrogen) atoms. The fraction of sp³-hybridized carbons (Fsp3) is 0.682. The van der Waals surface area contributed by atoms with Crippen LogP contribution >= 0.6 is 0 Å². The summed E-state index contributed by atoms with van der Waals surface area (Å²) in [5.74, 6) is -3.41. The molecule has 0 aromatic carbocycles. The van der Waals surface area contributed by atoms with E-state index in [0.29, 0.717) is 31.3 Å². The van der Waals surface area contributed by atoms with Crippen molar-refractivity contribution in [1.82, 2.24) is 0 Å². The first-order valence-corrected chi connectivity index (χ1v) is 10.3. The van der Waals surface area contributed by atoms with Gasteiger partial charge in [0.25, 0.3) is 0 Å². The molecule has 0 amide bonds. The second-order valence-electron chi connectivity index (χ2n) is 9.82. The van der Waals surface area contributed by atoms with Gasteiger partial charge in [-0.05, 0) is 49.7 Å². The van der Waals surface area contributed by atoms with Gasteiger partial charge in [0.1, 0.15) is 11.0 Å². The van der Waals surface area contributed by atoms with Crippen molar-refractivity contribution < 1.29 is 38.8 Å². The maximum absolute atomic E-state index is 13.4. The summed E-state index contributed by atoms with van der Waals surface area (Å²) in [5.41, 5.74) is -3.45. The Bertz CT molecular complexity index is 909. The molecule has 0 aromatic rings. The molecule has 1 aliphatic heterocycles. The molecular formula is C22H26O8. The summed E-state index contributed by atoms with van der Waals surface area (Å²) in [7, 11) is 0. The van der Waals surface area contributed by atoms with Crippen molar-refractivity contribution in [2.75, 3.05) is 6.79 Å². The Morgan fingerprint density at radius 3 is 2.80 bits per heavy atom. The van der Waals surface area contributed by atoms with Gasteiger partial charge < -0.3 is 24.4 Å². The summed E-state index contributed by atoms with van der Waals surface area (Å²) in [4.78, 5) is 37.5. The highest BCUT2D eigenvalue weighted by atomic mass is 16.7. The fourth-order valence-corrected chi connectivity index (χ4v) is 7.37. The molecule has 1 saturated heterocycles.